The number of pyridine rings is 2. The van der Waals surface area contributed by atoms with Gasteiger partial charge in [-0.15, -0.1) is 0 Å². The number of anilines is 2. The Balaban J connectivity index is 0.622. The van der Waals surface area contributed by atoms with Gasteiger partial charge in [-0.2, -0.15) is 0 Å². The fourth-order valence-corrected chi connectivity index (χ4v) is 19.3. The highest BCUT2D eigenvalue weighted by Crippen LogP contribution is 2.58. The molecule has 6 aliphatic carbocycles. The van der Waals surface area contributed by atoms with Crippen LogP contribution in [0.4, 0.5) is 17.1 Å². The Morgan fingerprint density at radius 1 is 0.627 bits per heavy atom. The first-order valence-corrected chi connectivity index (χ1v) is 39.1. The van der Waals surface area contributed by atoms with Crippen LogP contribution >= 0.6 is 0 Å². The number of nitrogens with zero attached hydrogens (tertiary/aromatic N) is 4. The van der Waals surface area contributed by atoms with E-state index in [1.54, 1.807) is 0 Å². The van der Waals surface area contributed by atoms with Gasteiger partial charge in [0.2, 0.25) is 0 Å². The molecule has 0 saturated carbocycles. The molecule has 0 bridgehead atoms. The summed E-state index contributed by atoms with van der Waals surface area (Å²) in [6, 6.07) is 73.1. The molecule has 7 heterocycles. The zero-order chi connectivity index (χ0) is 72.5. The summed E-state index contributed by atoms with van der Waals surface area (Å²) >= 11 is 0. The number of dihydropyridines is 1. The molecule has 12 aromatic rings. The third kappa shape index (κ3) is 10.4. The SMILES string of the molecule is C=C/C=C(\C=C\C1(c2ccccc2)C2=C(C=CCC2)c2cc3c(-c4ccc(C5=NC6c7nc(C8=CC=CCC8)ccc7C=CC6C=C5)cc4)nc4ccccc4c3cc21)c1cc2c(c3c1C=CC(c1ccccc1)N3)N=C(C1=CC3=CC=C(C4Nc5ccccc5-c5c4ccc4c5oc5ccccc54)CC3C=C1)CC2. The lowest BCUT2D eigenvalue weighted by Gasteiger charge is -2.35. The lowest BCUT2D eigenvalue weighted by molar-refractivity contribution is 0.590. The summed E-state index contributed by atoms with van der Waals surface area (Å²) < 4.78 is 6.72. The number of furan rings is 1. The molecule has 22 rings (SSSR count). The Labute approximate surface area is 640 Å². The van der Waals surface area contributed by atoms with Crippen molar-refractivity contribution in [3.05, 3.63) is 405 Å². The zero-order valence-corrected chi connectivity index (χ0v) is 60.8. The molecule has 524 valence electrons. The van der Waals surface area contributed by atoms with Crippen molar-refractivity contribution in [2.45, 2.75) is 68.5 Å². The number of nitrogens with one attached hydrogen (secondary N) is 2. The van der Waals surface area contributed by atoms with Gasteiger partial charge in [0.05, 0.1) is 57.2 Å². The van der Waals surface area contributed by atoms with Gasteiger partial charge in [0.15, 0.2) is 0 Å². The largest absolute Gasteiger partial charge is 0.455 e. The highest BCUT2D eigenvalue weighted by molar-refractivity contribution is 6.16. The monoisotopic (exact) mass is 1410 g/mol. The Kier molecular flexibility index (Phi) is 15.0. The number of aromatic nitrogens is 2. The summed E-state index contributed by atoms with van der Waals surface area (Å²) in [5.74, 6) is 0.389. The van der Waals surface area contributed by atoms with Crippen LogP contribution in [0.3, 0.4) is 0 Å². The summed E-state index contributed by atoms with van der Waals surface area (Å²) in [5.41, 5.74) is 34.8. The zero-order valence-electron chi connectivity index (χ0n) is 60.8. The second-order valence-electron chi connectivity index (χ2n) is 30.8. The van der Waals surface area contributed by atoms with Crippen molar-refractivity contribution >= 4 is 101 Å². The summed E-state index contributed by atoms with van der Waals surface area (Å²) in [6.07, 6.45) is 52.5. The molecule has 7 nitrogen and oxygen atoms in total. The number of aliphatic imine (C=N–C) groups is 2. The molecule has 0 saturated heterocycles. The molecule has 7 heteroatoms. The quantitative estimate of drug-likeness (QED) is 0.0995. The normalized spacial score (nSPS) is 21.6. The van der Waals surface area contributed by atoms with Crippen molar-refractivity contribution in [2.24, 2.45) is 21.8 Å². The molecule has 0 amide bonds. The van der Waals surface area contributed by atoms with E-state index in [2.05, 4.69) is 333 Å². The van der Waals surface area contributed by atoms with E-state index in [1.807, 2.05) is 6.08 Å². The molecule has 110 heavy (non-hydrogen) atoms. The molecule has 0 fully saturated rings. The van der Waals surface area contributed by atoms with E-state index in [4.69, 9.17) is 24.4 Å². The average molecular weight is 1410 g/mol. The minimum absolute atomic E-state index is 0.00121. The van der Waals surface area contributed by atoms with E-state index in [0.717, 1.165) is 162 Å². The van der Waals surface area contributed by atoms with Gasteiger partial charge < -0.3 is 15.1 Å². The van der Waals surface area contributed by atoms with Gasteiger partial charge in [0.25, 0.3) is 0 Å². The molecule has 0 spiro atoms. The molecule has 2 N–H and O–H groups in total. The van der Waals surface area contributed by atoms with Crippen LogP contribution in [0, 0.1) is 11.8 Å². The number of para-hydroxylation sites is 3. The molecule has 0 radical (unpaired) electrons. The van der Waals surface area contributed by atoms with Crippen LogP contribution in [0.15, 0.2) is 353 Å². The van der Waals surface area contributed by atoms with Gasteiger partial charge in [-0.1, -0.05) is 274 Å². The third-order valence-electron chi connectivity index (χ3n) is 24.7. The fraction of sp³-hybridized carbons (Fsp3) is 0.126. The lowest BCUT2D eigenvalue weighted by atomic mass is 9.69. The second-order valence-corrected chi connectivity index (χ2v) is 30.8. The standard InChI is InChI=1S/C103H76N6O/c1-2-20-62(82-59-73-47-53-91(106-100(73)101-78(82)50-54-90(107-101)64-23-8-4-9-24-64)71-43-41-70-58-72(44-42-69(70)57-71)97-81-49-48-79-77-29-15-19-34-94(77)110-102(79)95(81)80-30-14-18-33-93(80)109-97)55-56-103(74-25-10-5-11-26-74)86-31-16-12-27-75(86)84-60-85-83(61-87(84)103)76-28-13-17-32-92(76)108-96(85)66-37-35-65(36-38-66)89-52-46-68-40-39-67-45-51-88(63-21-6-3-7-22-63)104-98(67)99(68)105-89/h2-6,8-15,17-21,23-30,32-46,48-52,54-57,59-61,68,70,90,97,99,107,109H,1,7,16,22,31,47,53,58H2/b56-55+,62-20+. The van der Waals surface area contributed by atoms with E-state index in [1.165, 1.54) is 83.3 Å². The minimum atomic E-state index is -0.625. The number of allylic oxidation sites excluding steroid dienone is 21. The van der Waals surface area contributed by atoms with Crippen LogP contribution in [0.1, 0.15) is 124 Å². The number of benzene rings is 9. The van der Waals surface area contributed by atoms with Crippen molar-refractivity contribution in [3.8, 4) is 22.4 Å². The first-order chi connectivity index (χ1) is 54.4. The maximum atomic E-state index is 6.72. The molecule has 6 unspecified atom stereocenters. The Hall–Kier alpha value is -13.1. The molecular formula is C103H76N6O. The number of hydrogen-bond donors (Lipinski definition) is 2. The number of fused-ring (bicyclic) bond motifs is 19. The van der Waals surface area contributed by atoms with Gasteiger partial charge in [-0.25, -0.2) is 4.98 Å². The smallest absolute Gasteiger partial charge is 0.143 e. The summed E-state index contributed by atoms with van der Waals surface area (Å²) in [6.45, 7) is 4.42. The molecule has 3 aromatic heterocycles. The topological polar surface area (TPSA) is 87.7 Å². The van der Waals surface area contributed by atoms with Crippen molar-refractivity contribution in [1.82, 2.24) is 9.97 Å². The van der Waals surface area contributed by atoms with Gasteiger partial charge >= 0.3 is 0 Å². The van der Waals surface area contributed by atoms with E-state index in [0.29, 0.717) is 0 Å². The maximum absolute atomic E-state index is 6.72. The fourth-order valence-electron chi connectivity index (χ4n) is 19.3. The van der Waals surface area contributed by atoms with Crippen molar-refractivity contribution < 1.29 is 4.42 Å². The minimum Gasteiger partial charge on any atom is -0.455 e. The predicted octanol–water partition coefficient (Wildman–Crippen LogP) is 25.5. The summed E-state index contributed by atoms with van der Waals surface area (Å²) in [7, 11) is 0. The van der Waals surface area contributed by atoms with Gasteiger partial charge in [0.1, 0.15) is 17.2 Å². The van der Waals surface area contributed by atoms with E-state index >= 15 is 0 Å². The van der Waals surface area contributed by atoms with E-state index in [9.17, 15) is 0 Å². The number of aryl methyl sites for hydroxylation is 1. The Morgan fingerprint density at radius 3 is 2.35 bits per heavy atom. The maximum Gasteiger partial charge on any atom is 0.143 e. The lowest BCUT2D eigenvalue weighted by Crippen LogP contribution is -2.26. The van der Waals surface area contributed by atoms with Crippen LogP contribution in [0.5, 0.6) is 0 Å². The molecule has 9 aromatic carbocycles. The average Bonchev–Trinajstić information content (AvgIpc) is 1.52. The Morgan fingerprint density at radius 2 is 1.45 bits per heavy atom. The molecular weight excluding hydrogens is 1340 g/mol. The second kappa shape index (κ2) is 25.8. The highest BCUT2D eigenvalue weighted by Gasteiger charge is 2.45. The van der Waals surface area contributed by atoms with Crippen LogP contribution in [0.25, 0.3) is 94.9 Å². The van der Waals surface area contributed by atoms with Crippen LogP contribution in [-0.2, 0) is 11.8 Å². The van der Waals surface area contributed by atoms with Crippen LogP contribution in [-0.4, -0.2) is 21.4 Å². The van der Waals surface area contributed by atoms with Crippen LogP contribution < -0.4 is 10.6 Å². The number of rotatable bonds is 11. The summed E-state index contributed by atoms with van der Waals surface area (Å²) in [4.78, 5) is 22.2. The van der Waals surface area contributed by atoms with E-state index in [-0.39, 0.29) is 30.0 Å². The molecule has 6 atom stereocenters. The first kappa shape index (κ1) is 64.1. The first-order valence-electron chi connectivity index (χ1n) is 39.1. The van der Waals surface area contributed by atoms with Crippen LogP contribution in [0.2, 0.25) is 0 Å². The van der Waals surface area contributed by atoms with Crippen molar-refractivity contribution in [1.29, 1.82) is 0 Å². The molecule has 4 aliphatic heterocycles. The van der Waals surface area contributed by atoms with Crippen molar-refractivity contribution in [2.75, 3.05) is 10.6 Å². The van der Waals surface area contributed by atoms with Gasteiger partial charge in [-0.3, -0.25) is 15.0 Å². The highest BCUT2D eigenvalue weighted by atomic mass is 16.3. The molecule has 10 aliphatic rings. The predicted molar refractivity (Wildman–Crippen MR) is 457 cm³/mol. The summed E-state index contributed by atoms with van der Waals surface area (Å²) in [5, 5.41) is 13.8. The van der Waals surface area contributed by atoms with Gasteiger partial charge in [0, 0.05) is 67.0 Å². The number of hydrogen-bond acceptors (Lipinski definition) is 7. The third-order valence-corrected chi connectivity index (χ3v) is 24.7. The van der Waals surface area contributed by atoms with Crippen molar-refractivity contribution in [3.63, 3.8) is 0 Å². The van der Waals surface area contributed by atoms with E-state index < -0.39 is 5.41 Å². The Bertz CT molecular complexity index is 6520. The van der Waals surface area contributed by atoms with Gasteiger partial charge in [-0.05, 0) is 194 Å².